The number of ether oxygens (including phenoxy) is 1. The summed E-state index contributed by atoms with van der Waals surface area (Å²) in [6, 6.07) is 11.6. The molecule has 8 nitrogen and oxygen atoms in total. The lowest BCUT2D eigenvalue weighted by molar-refractivity contribution is -0.136. The largest absolute Gasteiger partial charge is 0.483 e. The SMILES string of the molecule is Cc1ccccc1NC(=O)C(=O)N/N=C\c1cc(Cl)ccc1OCC(N)=O. The quantitative estimate of drug-likeness (QED) is 0.395. The Morgan fingerprint density at radius 3 is 2.63 bits per heavy atom. The van der Waals surface area contributed by atoms with Gasteiger partial charge >= 0.3 is 11.8 Å². The summed E-state index contributed by atoms with van der Waals surface area (Å²) in [7, 11) is 0. The van der Waals surface area contributed by atoms with Crippen molar-refractivity contribution in [1.29, 1.82) is 0 Å². The number of benzene rings is 2. The number of anilines is 1. The molecule has 9 heteroatoms. The Hall–Kier alpha value is -3.39. The number of carbonyl (C=O) groups excluding carboxylic acids is 3. The maximum absolute atomic E-state index is 11.9. The topological polar surface area (TPSA) is 123 Å². The first-order chi connectivity index (χ1) is 12.9. The molecule has 2 aromatic rings. The summed E-state index contributed by atoms with van der Waals surface area (Å²) >= 11 is 5.92. The van der Waals surface area contributed by atoms with Crippen LogP contribution < -0.4 is 21.2 Å². The molecule has 140 valence electrons. The first-order valence-corrected chi connectivity index (χ1v) is 8.15. The van der Waals surface area contributed by atoms with Crippen molar-refractivity contribution in [3.8, 4) is 5.75 Å². The van der Waals surface area contributed by atoms with Crippen LogP contribution in [0.5, 0.6) is 5.75 Å². The van der Waals surface area contributed by atoms with Crippen LogP contribution in [0.3, 0.4) is 0 Å². The Balaban J connectivity index is 2.00. The average Bonchev–Trinajstić information content (AvgIpc) is 2.62. The Labute approximate surface area is 160 Å². The van der Waals surface area contributed by atoms with Crippen molar-refractivity contribution in [1.82, 2.24) is 5.43 Å². The molecule has 0 aliphatic carbocycles. The van der Waals surface area contributed by atoms with Crippen molar-refractivity contribution >= 4 is 41.2 Å². The van der Waals surface area contributed by atoms with E-state index in [2.05, 4.69) is 15.8 Å². The minimum Gasteiger partial charge on any atom is -0.483 e. The maximum atomic E-state index is 11.9. The van der Waals surface area contributed by atoms with Gasteiger partial charge in [-0.15, -0.1) is 0 Å². The van der Waals surface area contributed by atoms with Gasteiger partial charge in [0.2, 0.25) is 0 Å². The number of nitrogens with one attached hydrogen (secondary N) is 2. The third kappa shape index (κ3) is 6.12. The number of halogens is 1. The number of primary amides is 1. The highest BCUT2D eigenvalue weighted by molar-refractivity contribution is 6.39. The molecule has 0 bridgehead atoms. The number of carbonyl (C=O) groups is 3. The lowest BCUT2D eigenvalue weighted by Crippen LogP contribution is -2.32. The Morgan fingerprint density at radius 2 is 1.93 bits per heavy atom. The van der Waals surface area contributed by atoms with Crippen LogP contribution in [0, 0.1) is 6.92 Å². The van der Waals surface area contributed by atoms with Gasteiger partial charge in [0, 0.05) is 16.3 Å². The Morgan fingerprint density at radius 1 is 1.19 bits per heavy atom. The predicted molar refractivity (Wildman–Crippen MR) is 102 cm³/mol. The highest BCUT2D eigenvalue weighted by Gasteiger charge is 2.13. The Kier molecular flexibility index (Phi) is 6.90. The summed E-state index contributed by atoms with van der Waals surface area (Å²) in [6.45, 7) is 1.48. The molecular weight excluding hydrogens is 372 g/mol. The zero-order valence-electron chi connectivity index (χ0n) is 14.4. The van der Waals surface area contributed by atoms with E-state index < -0.39 is 17.7 Å². The van der Waals surface area contributed by atoms with Gasteiger partial charge < -0.3 is 15.8 Å². The maximum Gasteiger partial charge on any atom is 0.329 e. The number of nitrogens with two attached hydrogens (primary N) is 1. The number of amides is 3. The standard InChI is InChI=1S/C18H17ClN4O4/c1-11-4-2-3-5-14(11)22-17(25)18(26)23-21-9-12-8-13(19)6-7-15(12)27-10-16(20)24/h2-9H,10H2,1H3,(H2,20,24)(H,22,25)(H,23,26)/b21-9-. The van der Waals surface area contributed by atoms with Crippen molar-refractivity contribution in [3.05, 3.63) is 58.6 Å². The number of hydrogen-bond donors (Lipinski definition) is 3. The third-order valence-corrected chi connectivity index (χ3v) is 3.55. The fourth-order valence-corrected chi connectivity index (χ4v) is 2.18. The van der Waals surface area contributed by atoms with Crippen LogP contribution in [0.25, 0.3) is 0 Å². The van der Waals surface area contributed by atoms with Gasteiger partial charge in [-0.05, 0) is 36.8 Å². The summed E-state index contributed by atoms with van der Waals surface area (Å²) in [4.78, 5) is 34.6. The van der Waals surface area contributed by atoms with Crippen LogP contribution in [0.15, 0.2) is 47.6 Å². The smallest absolute Gasteiger partial charge is 0.329 e. The molecule has 0 fully saturated rings. The van der Waals surface area contributed by atoms with E-state index in [-0.39, 0.29) is 6.61 Å². The van der Waals surface area contributed by atoms with Crippen LogP contribution in [-0.2, 0) is 14.4 Å². The van der Waals surface area contributed by atoms with Gasteiger partial charge in [0.15, 0.2) is 6.61 Å². The second-order valence-electron chi connectivity index (χ2n) is 5.41. The molecule has 0 saturated carbocycles. The molecule has 0 heterocycles. The van der Waals surface area contributed by atoms with Gasteiger partial charge in [-0.2, -0.15) is 5.10 Å². The van der Waals surface area contributed by atoms with Crippen molar-refractivity contribution in [2.45, 2.75) is 6.92 Å². The second kappa shape index (κ2) is 9.35. The Bertz CT molecular complexity index is 899. The first-order valence-electron chi connectivity index (χ1n) is 7.77. The zero-order chi connectivity index (χ0) is 19.8. The number of nitrogens with zero attached hydrogens (tertiary/aromatic N) is 1. The monoisotopic (exact) mass is 388 g/mol. The number of aryl methyl sites for hydroxylation is 1. The molecule has 0 atom stereocenters. The van der Waals surface area contributed by atoms with Gasteiger partial charge in [0.1, 0.15) is 5.75 Å². The summed E-state index contributed by atoms with van der Waals surface area (Å²) in [5.41, 5.74) is 8.89. The molecule has 0 aliphatic heterocycles. The highest BCUT2D eigenvalue weighted by atomic mass is 35.5. The van der Waals surface area contributed by atoms with E-state index >= 15 is 0 Å². The van der Waals surface area contributed by atoms with E-state index in [4.69, 9.17) is 22.1 Å². The van der Waals surface area contributed by atoms with Gasteiger partial charge in [-0.25, -0.2) is 5.43 Å². The van der Waals surface area contributed by atoms with E-state index in [9.17, 15) is 14.4 Å². The van der Waals surface area contributed by atoms with Crippen LogP contribution >= 0.6 is 11.6 Å². The van der Waals surface area contributed by atoms with Crippen molar-refractivity contribution < 1.29 is 19.1 Å². The highest BCUT2D eigenvalue weighted by Crippen LogP contribution is 2.21. The number of hydrazone groups is 1. The molecule has 0 spiro atoms. The van der Waals surface area contributed by atoms with E-state index in [1.807, 2.05) is 6.07 Å². The number of para-hydroxylation sites is 1. The lowest BCUT2D eigenvalue weighted by atomic mass is 10.2. The number of rotatable bonds is 6. The number of hydrogen-bond acceptors (Lipinski definition) is 5. The summed E-state index contributed by atoms with van der Waals surface area (Å²) < 4.78 is 5.23. The normalized spacial score (nSPS) is 10.4. The van der Waals surface area contributed by atoms with E-state index in [0.29, 0.717) is 22.0 Å². The molecule has 0 saturated heterocycles. The second-order valence-corrected chi connectivity index (χ2v) is 5.84. The minimum atomic E-state index is -0.948. The molecule has 0 unspecified atom stereocenters. The van der Waals surface area contributed by atoms with Crippen molar-refractivity contribution in [2.24, 2.45) is 10.8 Å². The van der Waals surface area contributed by atoms with Gasteiger partial charge in [-0.3, -0.25) is 14.4 Å². The van der Waals surface area contributed by atoms with Crippen LogP contribution in [0.4, 0.5) is 5.69 Å². The predicted octanol–water partition coefficient (Wildman–Crippen LogP) is 1.60. The zero-order valence-corrected chi connectivity index (χ0v) is 15.1. The van der Waals surface area contributed by atoms with Gasteiger partial charge in [0.25, 0.3) is 5.91 Å². The average molecular weight is 389 g/mol. The first kappa shape index (κ1) is 19.9. The van der Waals surface area contributed by atoms with E-state index in [0.717, 1.165) is 5.56 Å². The van der Waals surface area contributed by atoms with Gasteiger partial charge in [0.05, 0.1) is 6.21 Å². The molecule has 2 rings (SSSR count). The van der Waals surface area contributed by atoms with E-state index in [1.54, 1.807) is 31.2 Å². The molecule has 0 radical (unpaired) electrons. The van der Waals surface area contributed by atoms with Crippen LogP contribution in [0.2, 0.25) is 5.02 Å². The minimum absolute atomic E-state index is 0.292. The summed E-state index contributed by atoms with van der Waals surface area (Å²) in [5, 5.41) is 6.60. The summed E-state index contributed by atoms with van der Waals surface area (Å²) in [5.74, 6) is -2.16. The molecule has 3 amide bonds. The van der Waals surface area contributed by atoms with Crippen molar-refractivity contribution in [2.75, 3.05) is 11.9 Å². The molecule has 4 N–H and O–H groups in total. The molecule has 2 aromatic carbocycles. The lowest BCUT2D eigenvalue weighted by Gasteiger charge is -2.08. The van der Waals surface area contributed by atoms with Crippen molar-refractivity contribution in [3.63, 3.8) is 0 Å². The molecule has 0 aromatic heterocycles. The third-order valence-electron chi connectivity index (χ3n) is 3.31. The van der Waals surface area contributed by atoms with Crippen LogP contribution in [0.1, 0.15) is 11.1 Å². The van der Waals surface area contributed by atoms with E-state index in [1.165, 1.54) is 18.3 Å². The molecule has 0 aliphatic rings. The fourth-order valence-electron chi connectivity index (χ4n) is 2.00. The van der Waals surface area contributed by atoms with Crippen LogP contribution in [-0.4, -0.2) is 30.5 Å². The van der Waals surface area contributed by atoms with Gasteiger partial charge in [-0.1, -0.05) is 29.8 Å². The molecule has 27 heavy (non-hydrogen) atoms. The molecular formula is C18H17ClN4O4. The fraction of sp³-hybridized carbons (Fsp3) is 0.111. The summed E-state index contributed by atoms with van der Waals surface area (Å²) in [6.07, 6.45) is 1.24.